The van der Waals surface area contributed by atoms with Crippen molar-refractivity contribution in [3.63, 3.8) is 0 Å². The van der Waals surface area contributed by atoms with Gasteiger partial charge in [0.2, 0.25) is 0 Å². The third-order valence-corrected chi connectivity index (χ3v) is 3.73. The molecule has 1 atom stereocenters. The number of aryl methyl sites for hydroxylation is 1. The van der Waals surface area contributed by atoms with Crippen molar-refractivity contribution in [1.82, 2.24) is 25.3 Å². The van der Waals surface area contributed by atoms with Gasteiger partial charge in [0.05, 0.1) is 24.1 Å². The van der Waals surface area contributed by atoms with Gasteiger partial charge in [-0.25, -0.2) is 4.68 Å². The molecule has 7 nitrogen and oxygen atoms in total. The molecular weight excluding hydrogens is 306 g/mol. The van der Waals surface area contributed by atoms with Crippen molar-refractivity contribution in [2.75, 3.05) is 0 Å². The van der Waals surface area contributed by atoms with Crippen LogP contribution in [0.3, 0.4) is 0 Å². The lowest BCUT2D eigenvalue weighted by Crippen LogP contribution is -2.31. The summed E-state index contributed by atoms with van der Waals surface area (Å²) in [4.78, 5) is 26.7. The van der Waals surface area contributed by atoms with E-state index in [4.69, 9.17) is 0 Å². The van der Waals surface area contributed by atoms with Crippen LogP contribution in [0, 0.1) is 6.92 Å². The molecule has 0 spiro atoms. The van der Waals surface area contributed by atoms with E-state index in [1.54, 1.807) is 30.1 Å². The van der Waals surface area contributed by atoms with Crippen LogP contribution in [-0.2, 0) is 0 Å². The molecule has 122 valence electrons. The molecule has 0 aliphatic rings. The van der Waals surface area contributed by atoms with E-state index in [2.05, 4.69) is 20.6 Å². The van der Waals surface area contributed by atoms with Crippen LogP contribution in [0.1, 0.15) is 34.6 Å². The largest absolute Gasteiger partial charge is 0.345 e. The number of aromatic nitrogens is 4. The molecule has 0 saturated heterocycles. The van der Waals surface area contributed by atoms with Crippen molar-refractivity contribution in [3.8, 4) is 5.69 Å². The number of rotatable bonds is 4. The lowest BCUT2D eigenvalue weighted by molar-refractivity contribution is 0.0938. The molecule has 2 N–H and O–H groups in total. The van der Waals surface area contributed by atoms with Gasteiger partial charge in [0.15, 0.2) is 0 Å². The minimum absolute atomic E-state index is 0.103. The van der Waals surface area contributed by atoms with E-state index in [0.29, 0.717) is 5.69 Å². The molecule has 0 unspecified atom stereocenters. The molecular formula is C17H17N5O2. The minimum Gasteiger partial charge on any atom is -0.345 e. The van der Waals surface area contributed by atoms with E-state index in [0.717, 1.165) is 11.3 Å². The van der Waals surface area contributed by atoms with Crippen LogP contribution in [0.5, 0.6) is 0 Å². The van der Waals surface area contributed by atoms with Gasteiger partial charge in [0.25, 0.3) is 11.5 Å². The molecule has 3 aromatic rings. The van der Waals surface area contributed by atoms with E-state index in [9.17, 15) is 9.59 Å². The highest BCUT2D eigenvalue weighted by atomic mass is 16.2. The van der Waals surface area contributed by atoms with E-state index in [1.165, 1.54) is 6.07 Å². The van der Waals surface area contributed by atoms with E-state index >= 15 is 0 Å². The summed E-state index contributed by atoms with van der Waals surface area (Å²) in [5.41, 5.74) is 2.24. The maximum absolute atomic E-state index is 12.3. The van der Waals surface area contributed by atoms with Crippen LogP contribution in [-0.4, -0.2) is 25.9 Å². The number of nitrogens with one attached hydrogen (secondary N) is 2. The second kappa shape index (κ2) is 6.49. The lowest BCUT2D eigenvalue weighted by Gasteiger charge is -2.14. The Morgan fingerprint density at radius 3 is 2.58 bits per heavy atom. The van der Waals surface area contributed by atoms with Gasteiger partial charge < -0.3 is 10.3 Å². The third-order valence-electron chi connectivity index (χ3n) is 3.73. The fourth-order valence-electron chi connectivity index (χ4n) is 2.37. The molecule has 0 radical (unpaired) electrons. The zero-order valence-electron chi connectivity index (χ0n) is 13.4. The van der Waals surface area contributed by atoms with E-state index < -0.39 is 5.91 Å². The number of aromatic amines is 1. The number of benzene rings is 1. The summed E-state index contributed by atoms with van der Waals surface area (Å²) in [6.45, 7) is 3.63. The second-order valence-electron chi connectivity index (χ2n) is 5.52. The first-order valence-corrected chi connectivity index (χ1v) is 7.52. The second-order valence-corrected chi connectivity index (χ2v) is 5.52. The van der Waals surface area contributed by atoms with Crippen LogP contribution in [0.4, 0.5) is 0 Å². The quantitative estimate of drug-likeness (QED) is 0.765. The normalized spacial score (nSPS) is 11.9. The van der Waals surface area contributed by atoms with Gasteiger partial charge >= 0.3 is 0 Å². The molecule has 0 aliphatic carbocycles. The Morgan fingerprint density at radius 2 is 1.96 bits per heavy atom. The van der Waals surface area contributed by atoms with Crippen molar-refractivity contribution in [1.29, 1.82) is 0 Å². The van der Waals surface area contributed by atoms with E-state index in [-0.39, 0.29) is 17.2 Å². The van der Waals surface area contributed by atoms with Gasteiger partial charge in [0.1, 0.15) is 5.56 Å². The zero-order chi connectivity index (χ0) is 17.1. The van der Waals surface area contributed by atoms with Crippen molar-refractivity contribution >= 4 is 5.91 Å². The first-order chi connectivity index (χ1) is 11.5. The summed E-state index contributed by atoms with van der Waals surface area (Å²) in [6.07, 6.45) is 3.36. The minimum atomic E-state index is -0.399. The Bertz CT molecular complexity index is 897. The summed E-state index contributed by atoms with van der Waals surface area (Å²) < 4.78 is 1.65. The average molecular weight is 323 g/mol. The molecule has 1 amide bonds. The van der Waals surface area contributed by atoms with Crippen LogP contribution in [0.15, 0.2) is 53.6 Å². The summed E-state index contributed by atoms with van der Waals surface area (Å²) >= 11 is 0. The van der Waals surface area contributed by atoms with Crippen LogP contribution >= 0.6 is 0 Å². The molecule has 2 heterocycles. The Morgan fingerprint density at radius 1 is 1.21 bits per heavy atom. The highest BCUT2D eigenvalue weighted by Crippen LogP contribution is 2.15. The molecule has 24 heavy (non-hydrogen) atoms. The van der Waals surface area contributed by atoms with Crippen LogP contribution in [0.2, 0.25) is 0 Å². The maximum Gasteiger partial charge on any atom is 0.260 e. The van der Waals surface area contributed by atoms with Crippen LogP contribution < -0.4 is 10.9 Å². The highest BCUT2D eigenvalue weighted by Gasteiger charge is 2.14. The molecule has 7 heteroatoms. The first-order valence-electron chi connectivity index (χ1n) is 7.52. The Hall–Kier alpha value is -3.22. The molecule has 3 rings (SSSR count). The third kappa shape index (κ3) is 3.24. The van der Waals surface area contributed by atoms with Gasteiger partial charge in [-0.2, -0.15) is 0 Å². The van der Waals surface area contributed by atoms with Gasteiger partial charge in [0, 0.05) is 5.69 Å². The van der Waals surface area contributed by atoms with Crippen molar-refractivity contribution in [2.24, 2.45) is 0 Å². The van der Waals surface area contributed by atoms with Gasteiger partial charge in [-0.05, 0) is 43.7 Å². The predicted molar refractivity (Wildman–Crippen MR) is 89.0 cm³/mol. The molecule has 0 fully saturated rings. The Kier molecular flexibility index (Phi) is 4.24. The number of amides is 1. The summed E-state index contributed by atoms with van der Waals surface area (Å²) in [5.74, 6) is -0.399. The predicted octanol–water partition coefficient (Wildman–Crippen LogP) is 1.76. The number of carbonyl (C=O) groups excluding carboxylic acids is 1. The summed E-state index contributed by atoms with van der Waals surface area (Å²) in [5, 5.41) is 10.5. The number of nitrogens with zero attached hydrogens (tertiary/aromatic N) is 3. The number of hydrogen-bond acceptors (Lipinski definition) is 4. The standard InChI is InChI=1S/C17H17N5O2/c1-11-3-8-15(16(23)19-11)17(24)20-12(2)13-4-6-14(7-5-13)22-10-9-18-21-22/h3-10,12H,1-2H3,(H,19,23)(H,20,24)/t12-/m0/s1. The Balaban J connectivity index is 1.73. The fourth-order valence-corrected chi connectivity index (χ4v) is 2.37. The van der Waals surface area contributed by atoms with Crippen molar-refractivity contribution in [2.45, 2.75) is 19.9 Å². The smallest absolute Gasteiger partial charge is 0.260 e. The fraction of sp³-hybridized carbons (Fsp3) is 0.176. The van der Waals surface area contributed by atoms with E-state index in [1.807, 2.05) is 31.2 Å². The van der Waals surface area contributed by atoms with Gasteiger partial charge in [-0.15, -0.1) is 5.10 Å². The highest BCUT2D eigenvalue weighted by molar-refractivity contribution is 5.94. The maximum atomic E-state index is 12.3. The van der Waals surface area contributed by atoms with Gasteiger partial charge in [-0.3, -0.25) is 9.59 Å². The first kappa shape index (κ1) is 15.7. The van der Waals surface area contributed by atoms with Gasteiger partial charge in [-0.1, -0.05) is 17.3 Å². The van der Waals surface area contributed by atoms with Crippen molar-refractivity contribution < 1.29 is 4.79 Å². The monoisotopic (exact) mass is 323 g/mol. The zero-order valence-corrected chi connectivity index (χ0v) is 13.4. The Labute approximate surface area is 138 Å². The topological polar surface area (TPSA) is 92.7 Å². The molecule has 1 aromatic carbocycles. The molecule has 0 aliphatic heterocycles. The average Bonchev–Trinajstić information content (AvgIpc) is 3.09. The number of hydrogen-bond donors (Lipinski definition) is 2. The lowest BCUT2D eigenvalue weighted by atomic mass is 10.1. The number of carbonyl (C=O) groups is 1. The van der Waals surface area contributed by atoms with Crippen molar-refractivity contribution in [3.05, 3.63) is 76.0 Å². The number of H-pyrrole nitrogens is 1. The molecule has 0 bridgehead atoms. The van der Waals surface area contributed by atoms with Crippen LogP contribution in [0.25, 0.3) is 5.69 Å². The SMILES string of the molecule is Cc1ccc(C(=O)N[C@@H](C)c2ccc(-n3ccnn3)cc2)c(=O)[nH]1. The molecule has 0 saturated carbocycles. The summed E-state index contributed by atoms with van der Waals surface area (Å²) in [7, 11) is 0. The molecule has 2 aromatic heterocycles. The number of pyridine rings is 1. The summed E-state index contributed by atoms with van der Waals surface area (Å²) in [6, 6.07) is 10.6.